The Balaban J connectivity index is 1.56. The topological polar surface area (TPSA) is 58.8 Å². The number of piperazine rings is 1. The van der Waals surface area contributed by atoms with Crippen molar-refractivity contribution in [3.8, 4) is 0 Å². The molecule has 0 amide bonds. The molecule has 0 aromatic rings. The van der Waals surface area contributed by atoms with Crippen molar-refractivity contribution in [2.45, 2.75) is 56.1 Å². The van der Waals surface area contributed by atoms with Crippen LogP contribution in [0.5, 0.6) is 0 Å². The molecule has 20 heavy (non-hydrogen) atoms. The van der Waals surface area contributed by atoms with Gasteiger partial charge in [0, 0.05) is 38.3 Å². The number of carbonyl (C=O) groups excluding carboxylic acids is 1. The van der Waals surface area contributed by atoms with Crippen LogP contribution in [0.25, 0.3) is 0 Å². The Hall–Kier alpha value is -0.650. The molecule has 2 saturated carbocycles. The Kier molecular flexibility index (Phi) is 4.02. The molecule has 3 aliphatic rings. The van der Waals surface area contributed by atoms with Gasteiger partial charge in [0.2, 0.25) is 0 Å². The van der Waals surface area contributed by atoms with Crippen LogP contribution in [0.1, 0.15) is 38.5 Å². The van der Waals surface area contributed by atoms with E-state index in [2.05, 4.69) is 9.80 Å². The molecule has 5 heteroatoms. The van der Waals surface area contributed by atoms with E-state index in [1.807, 2.05) is 0 Å². The van der Waals surface area contributed by atoms with Gasteiger partial charge in [-0.15, -0.1) is 0 Å². The molecule has 1 aliphatic heterocycles. The van der Waals surface area contributed by atoms with Crippen molar-refractivity contribution in [2.75, 3.05) is 33.3 Å². The zero-order chi connectivity index (χ0) is 14.2. The molecule has 0 bridgehead atoms. The number of rotatable bonds is 3. The van der Waals surface area contributed by atoms with Gasteiger partial charge in [-0.25, -0.2) is 0 Å². The Bertz CT molecular complexity index is 364. The minimum absolute atomic E-state index is 0.237. The third-order valence-electron chi connectivity index (χ3n) is 5.28. The van der Waals surface area contributed by atoms with E-state index in [0.717, 1.165) is 38.4 Å². The number of esters is 1. The Morgan fingerprint density at radius 1 is 1.10 bits per heavy atom. The monoisotopic (exact) mass is 281 g/mol. The van der Waals surface area contributed by atoms with Crippen molar-refractivity contribution in [2.24, 2.45) is 5.73 Å². The number of hydrogen-bond donors (Lipinski definition) is 1. The van der Waals surface area contributed by atoms with Gasteiger partial charge in [0.05, 0.1) is 7.11 Å². The van der Waals surface area contributed by atoms with Crippen LogP contribution in [0.2, 0.25) is 0 Å². The van der Waals surface area contributed by atoms with Crippen LogP contribution in [0.4, 0.5) is 0 Å². The van der Waals surface area contributed by atoms with Gasteiger partial charge in [0.25, 0.3) is 0 Å². The molecular formula is C15H27N3O2. The standard InChI is InChI=1S/C15H27N3O2/c1-20-14(19)15(16)6-2-3-13(11-15)18-9-7-17(8-10-18)12-4-5-12/h12-13H,2-11,16H2,1H3. The molecule has 0 aromatic heterocycles. The maximum absolute atomic E-state index is 11.9. The fourth-order valence-corrected chi connectivity index (χ4v) is 3.89. The van der Waals surface area contributed by atoms with Gasteiger partial charge in [0.15, 0.2) is 0 Å². The molecule has 1 saturated heterocycles. The van der Waals surface area contributed by atoms with E-state index >= 15 is 0 Å². The summed E-state index contributed by atoms with van der Waals surface area (Å²) in [7, 11) is 1.44. The smallest absolute Gasteiger partial charge is 0.325 e. The first kappa shape index (κ1) is 14.3. The average Bonchev–Trinajstić information content (AvgIpc) is 3.31. The van der Waals surface area contributed by atoms with E-state index in [1.165, 1.54) is 39.5 Å². The fourth-order valence-electron chi connectivity index (χ4n) is 3.89. The van der Waals surface area contributed by atoms with Gasteiger partial charge < -0.3 is 10.5 Å². The molecule has 5 nitrogen and oxygen atoms in total. The van der Waals surface area contributed by atoms with Gasteiger partial charge >= 0.3 is 5.97 Å². The molecule has 3 fully saturated rings. The van der Waals surface area contributed by atoms with Crippen LogP contribution in [-0.2, 0) is 9.53 Å². The first-order chi connectivity index (χ1) is 9.62. The number of hydrogen-bond acceptors (Lipinski definition) is 5. The Morgan fingerprint density at radius 2 is 1.70 bits per heavy atom. The van der Waals surface area contributed by atoms with Crippen molar-refractivity contribution in [1.29, 1.82) is 0 Å². The summed E-state index contributed by atoms with van der Waals surface area (Å²) in [5.41, 5.74) is 5.53. The van der Waals surface area contributed by atoms with Gasteiger partial charge in [-0.3, -0.25) is 14.6 Å². The lowest BCUT2D eigenvalue weighted by molar-refractivity contribution is -0.149. The van der Waals surface area contributed by atoms with Crippen molar-refractivity contribution >= 4 is 5.97 Å². The summed E-state index contributed by atoms with van der Waals surface area (Å²) in [5, 5.41) is 0. The van der Waals surface area contributed by atoms with Crippen LogP contribution in [0.15, 0.2) is 0 Å². The Morgan fingerprint density at radius 3 is 2.25 bits per heavy atom. The van der Waals surface area contributed by atoms with E-state index in [9.17, 15) is 4.79 Å². The molecule has 2 atom stereocenters. The molecule has 3 rings (SSSR count). The van der Waals surface area contributed by atoms with Crippen LogP contribution in [0.3, 0.4) is 0 Å². The van der Waals surface area contributed by atoms with Crippen molar-refractivity contribution in [3.05, 3.63) is 0 Å². The Labute approximate surface area is 121 Å². The maximum Gasteiger partial charge on any atom is 0.325 e. The van der Waals surface area contributed by atoms with Crippen LogP contribution in [-0.4, -0.2) is 66.7 Å². The third-order valence-corrected chi connectivity index (χ3v) is 5.28. The van der Waals surface area contributed by atoms with E-state index in [1.54, 1.807) is 0 Å². The summed E-state index contributed by atoms with van der Waals surface area (Å²) in [6.45, 7) is 4.60. The zero-order valence-electron chi connectivity index (χ0n) is 12.5. The molecule has 0 radical (unpaired) electrons. The number of carbonyl (C=O) groups is 1. The lowest BCUT2D eigenvalue weighted by atomic mass is 9.79. The highest BCUT2D eigenvalue weighted by Gasteiger charge is 2.42. The minimum Gasteiger partial charge on any atom is -0.468 e. The summed E-state index contributed by atoms with van der Waals surface area (Å²) in [5.74, 6) is -0.237. The van der Waals surface area contributed by atoms with Gasteiger partial charge in [0.1, 0.15) is 5.54 Å². The lowest BCUT2D eigenvalue weighted by Crippen LogP contribution is -2.58. The predicted molar refractivity (Wildman–Crippen MR) is 77.4 cm³/mol. The predicted octanol–water partition coefficient (Wildman–Crippen LogP) is 0.580. The van der Waals surface area contributed by atoms with E-state index in [4.69, 9.17) is 10.5 Å². The zero-order valence-corrected chi connectivity index (χ0v) is 12.5. The highest BCUT2D eigenvalue weighted by atomic mass is 16.5. The highest BCUT2D eigenvalue weighted by Crippen LogP contribution is 2.32. The third kappa shape index (κ3) is 2.85. The van der Waals surface area contributed by atoms with Crippen molar-refractivity contribution in [1.82, 2.24) is 9.80 Å². The second-order valence-electron chi connectivity index (χ2n) is 6.70. The van der Waals surface area contributed by atoms with Gasteiger partial charge in [-0.1, -0.05) is 0 Å². The quantitative estimate of drug-likeness (QED) is 0.767. The van der Waals surface area contributed by atoms with Crippen molar-refractivity contribution < 1.29 is 9.53 Å². The molecule has 0 spiro atoms. The maximum atomic E-state index is 11.9. The number of nitrogens with two attached hydrogens (primary N) is 1. The SMILES string of the molecule is COC(=O)C1(N)CCCC(N2CCN(C3CC3)CC2)C1. The van der Waals surface area contributed by atoms with E-state index in [-0.39, 0.29) is 5.97 Å². The fraction of sp³-hybridized carbons (Fsp3) is 0.933. The van der Waals surface area contributed by atoms with E-state index in [0.29, 0.717) is 6.04 Å². The van der Waals surface area contributed by atoms with Crippen LogP contribution >= 0.6 is 0 Å². The molecule has 0 aromatic carbocycles. The second kappa shape index (κ2) is 5.62. The average molecular weight is 281 g/mol. The molecule has 1 heterocycles. The number of ether oxygens (including phenoxy) is 1. The number of methoxy groups -OCH3 is 1. The van der Waals surface area contributed by atoms with Crippen molar-refractivity contribution in [3.63, 3.8) is 0 Å². The molecule has 114 valence electrons. The molecule has 2 unspecified atom stereocenters. The summed E-state index contributed by atoms with van der Waals surface area (Å²) in [6.07, 6.45) is 6.48. The van der Waals surface area contributed by atoms with Crippen LogP contribution < -0.4 is 5.73 Å². The molecule has 2 N–H and O–H groups in total. The minimum atomic E-state index is -0.759. The largest absolute Gasteiger partial charge is 0.468 e. The lowest BCUT2D eigenvalue weighted by Gasteiger charge is -2.44. The van der Waals surface area contributed by atoms with Crippen LogP contribution in [0, 0.1) is 0 Å². The molecule has 2 aliphatic carbocycles. The number of nitrogens with zero attached hydrogens (tertiary/aromatic N) is 2. The summed E-state index contributed by atoms with van der Waals surface area (Å²) < 4.78 is 4.89. The van der Waals surface area contributed by atoms with E-state index < -0.39 is 5.54 Å². The highest BCUT2D eigenvalue weighted by molar-refractivity contribution is 5.80. The van der Waals surface area contributed by atoms with Gasteiger partial charge in [-0.05, 0) is 38.5 Å². The second-order valence-corrected chi connectivity index (χ2v) is 6.70. The summed E-state index contributed by atoms with van der Waals surface area (Å²) in [6, 6.07) is 1.32. The first-order valence-electron chi connectivity index (χ1n) is 7.98. The molecular weight excluding hydrogens is 254 g/mol. The normalized spacial score (nSPS) is 36.8. The van der Waals surface area contributed by atoms with Gasteiger partial charge in [-0.2, -0.15) is 0 Å². The first-order valence-corrected chi connectivity index (χ1v) is 7.98. The summed E-state index contributed by atoms with van der Waals surface area (Å²) >= 11 is 0. The summed E-state index contributed by atoms with van der Waals surface area (Å²) in [4.78, 5) is 17.1.